The van der Waals surface area contributed by atoms with Gasteiger partial charge >= 0.3 is 0 Å². The second kappa shape index (κ2) is 5.56. The van der Waals surface area contributed by atoms with Crippen molar-refractivity contribution in [2.75, 3.05) is 5.73 Å². The van der Waals surface area contributed by atoms with Gasteiger partial charge in [-0.15, -0.1) is 0 Å². The predicted octanol–water partition coefficient (Wildman–Crippen LogP) is 1.57. The van der Waals surface area contributed by atoms with Crippen molar-refractivity contribution in [3.05, 3.63) is 51.5 Å². The fourth-order valence-electron chi connectivity index (χ4n) is 2.21. The van der Waals surface area contributed by atoms with Gasteiger partial charge in [0.05, 0.1) is 28.8 Å². The summed E-state index contributed by atoms with van der Waals surface area (Å²) in [6.45, 7) is 1.62. The number of anilines is 1. The van der Waals surface area contributed by atoms with Crippen molar-refractivity contribution in [3.8, 4) is 5.82 Å². The van der Waals surface area contributed by atoms with Crippen LogP contribution >= 0.6 is 11.6 Å². The number of rotatable bonds is 2. The van der Waals surface area contributed by atoms with Crippen molar-refractivity contribution in [1.29, 1.82) is 0 Å². The number of nitrogens with zero attached hydrogens (tertiary/aromatic N) is 4. The smallest absolute Gasteiger partial charge is 0.268 e. The SMILES string of the molecule is CC(N)c1nc2c(F)ccc(Cl)c2c(=O)n1-c1cnc(N)cn1. The molecular formula is C14H12ClFN6O. The molecule has 7 nitrogen and oxygen atoms in total. The molecule has 2 aromatic heterocycles. The third-order valence-electron chi connectivity index (χ3n) is 3.24. The molecule has 4 N–H and O–H groups in total. The molecule has 1 atom stereocenters. The van der Waals surface area contributed by atoms with Gasteiger partial charge in [0.2, 0.25) is 0 Å². The van der Waals surface area contributed by atoms with Crippen LogP contribution in [0.2, 0.25) is 5.02 Å². The molecule has 3 rings (SSSR count). The van der Waals surface area contributed by atoms with Gasteiger partial charge in [-0.25, -0.2) is 23.9 Å². The lowest BCUT2D eigenvalue weighted by atomic mass is 10.2. The van der Waals surface area contributed by atoms with Crippen molar-refractivity contribution in [2.24, 2.45) is 5.73 Å². The molecule has 0 spiro atoms. The molecule has 0 saturated carbocycles. The Morgan fingerprint density at radius 1 is 1.30 bits per heavy atom. The van der Waals surface area contributed by atoms with Crippen LogP contribution in [0.15, 0.2) is 29.3 Å². The van der Waals surface area contributed by atoms with E-state index in [1.807, 2.05) is 0 Å². The maximum Gasteiger partial charge on any atom is 0.268 e. The zero-order chi connectivity index (χ0) is 16.7. The van der Waals surface area contributed by atoms with Gasteiger partial charge in [-0.3, -0.25) is 4.79 Å². The Kier molecular flexibility index (Phi) is 3.70. The molecule has 118 valence electrons. The van der Waals surface area contributed by atoms with Crippen molar-refractivity contribution >= 4 is 28.3 Å². The molecule has 1 unspecified atom stereocenters. The highest BCUT2D eigenvalue weighted by atomic mass is 35.5. The van der Waals surface area contributed by atoms with E-state index in [0.29, 0.717) is 0 Å². The van der Waals surface area contributed by atoms with Crippen LogP contribution in [-0.2, 0) is 0 Å². The molecule has 9 heteroatoms. The summed E-state index contributed by atoms with van der Waals surface area (Å²) in [5, 5.41) is 0.0435. The minimum absolute atomic E-state index is 0.0466. The lowest BCUT2D eigenvalue weighted by Crippen LogP contribution is -2.28. The molecule has 0 fully saturated rings. The van der Waals surface area contributed by atoms with Crippen molar-refractivity contribution < 1.29 is 4.39 Å². The molecule has 0 saturated heterocycles. The van der Waals surface area contributed by atoms with Gasteiger partial charge in [-0.05, 0) is 19.1 Å². The molecular weight excluding hydrogens is 323 g/mol. The monoisotopic (exact) mass is 334 g/mol. The van der Waals surface area contributed by atoms with Crippen LogP contribution < -0.4 is 17.0 Å². The molecule has 0 aliphatic rings. The van der Waals surface area contributed by atoms with E-state index in [4.69, 9.17) is 23.1 Å². The zero-order valence-electron chi connectivity index (χ0n) is 12.0. The van der Waals surface area contributed by atoms with E-state index < -0.39 is 17.4 Å². The first kappa shape index (κ1) is 15.3. The summed E-state index contributed by atoms with van der Waals surface area (Å²) in [5.41, 5.74) is 10.7. The molecule has 0 bridgehead atoms. The first-order valence-electron chi connectivity index (χ1n) is 6.64. The minimum atomic E-state index is -0.654. The van der Waals surface area contributed by atoms with Crippen LogP contribution in [0.1, 0.15) is 18.8 Å². The largest absolute Gasteiger partial charge is 0.382 e. The van der Waals surface area contributed by atoms with Crippen LogP contribution in [0.4, 0.5) is 10.2 Å². The van der Waals surface area contributed by atoms with Crippen LogP contribution in [0, 0.1) is 5.82 Å². The summed E-state index contributed by atoms with van der Waals surface area (Å²) in [6.07, 6.45) is 2.60. The number of fused-ring (bicyclic) bond motifs is 1. The highest BCUT2D eigenvalue weighted by Gasteiger charge is 2.20. The van der Waals surface area contributed by atoms with E-state index >= 15 is 0 Å². The molecule has 1 aromatic carbocycles. The predicted molar refractivity (Wildman–Crippen MR) is 84.9 cm³/mol. The average molecular weight is 335 g/mol. The third kappa shape index (κ3) is 2.51. The van der Waals surface area contributed by atoms with E-state index in [2.05, 4.69) is 15.0 Å². The summed E-state index contributed by atoms with van der Waals surface area (Å²) in [6, 6.07) is 1.80. The Morgan fingerprint density at radius 2 is 2.04 bits per heavy atom. The summed E-state index contributed by atoms with van der Waals surface area (Å²) in [4.78, 5) is 25.0. The van der Waals surface area contributed by atoms with Crippen molar-refractivity contribution in [3.63, 3.8) is 0 Å². The number of halogens is 2. The van der Waals surface area contributed by atoms with Gasteiger partial charge in [0.25, 0.3) is 5.56 Å². The highest BCUT2D eigenvalue weighted by molar-refractivity contribution is 6.35. The summed E-state index contributed by atoms with van der Waals surface area (Å²) in [7, 11) is 0. The fourth-order valence-corrected chi connectivity index (χ4v) is 2.44. The number of hydrogen-bond donors (Lipinski definition) is 2. The lowest BCUT2D eigenvalue weighted by Gasteiger charge is -2.15. The second-order valence-electron chi connectivity index (χ2n) is 4.95. The molecule has 0 amide bonds. The molecule has 23 heavy (non-hydrogen) atoms. The molecule has 2 heterocycles. The number of nitrogen functional groups attached to an aromatic ring is 1. The Balaban J connectivity index is 2.47. The topological polar surface area (TPSA) is 113 Å². The van der Waals surface area contributed by atoms with Crippen LogP contribution in [0.25, 0.3) is 16.7 Å². The number of aromatic nitrogens is 4. The number of hydrogen-bond acceptors (Lipinski definition) is 6. The van der Waals surface area contributed by atoms with E-state index in [1.165, 1.54) is 18.5 Å². The van der Waals surface area contributed by atoms with E-state index in [1.54, 1.807) is 6.92 Å². The molecule has 3 aromatic rings. The quantitative estimate of drug-likeness (QED) is 0.735. The number of nitrogens with two attached hydrogens (primary N) is 2. The maximum atomic E-state index is 14.0. The first-order chi connectivity index (χ1) is 10.9. The minimum Gasteiger partial charge on any atom is -0.382 e. The van der Waals surface area contributed by atoms with Gasteiger partial charge in [-0.1, -0.05) is 11.6 Å². The Hall–Kier alpha value is -2.58. The van der Waals surface area contributed by atoms with Gasteiger partial charge in [0.1, 0.15) is 23.0 Å². The third-order valence-corrected chi connectivity index (χ3v) is 3.56. The van der Waals surface area contributed by atoms with Crippen molar-refractivity contribution in [1.82, 2.24) is 19.5 Å². The summed E-state index contributed by atoms with van der Waals surface area (Å²) < 4.78 is 15.2. The van der Waals surface area contributed by atoms with Crippen LogP contribution in [0.3, 0.4) is 0 Å². The highest BCUT2D eigenvalue weighted by Crippen LogP contribution is 2.23. The molecule has 0 aliphatic carbocycles. The van der Waals surface area contributed by atoms with Gasteiger partial charge in [0, 0.05) is 0 Å². The zero-order valence-corrected chi connectivity index (χ0v) is 12.8. The van der Waals surface area contributed by atoms with Gasteiger partial charge in [0.15, 0.2) is 5.82 Å². The standard InChI is InChI=1S/C14H12ClFN6O/c1-6(17)13-21-12-8(16)3-2-7(15)11(12)14(23)22(13)10-5-19-9(18)4-20-10/h2-6H,17H2,1H3,(H2,18,19). The Morgan fingerprint density at radius 3 is 2.65 bits per heavy atom. The maximum absolute atomic E-state index is 14.0. The number of benzene rings is 1. The van der Waals surface area contributed by atoms with E-state index in [-0.39, 0.29) is 33.4 Å². The van der Waals surface area contributed by atoms with Gasteiger partial charge in [-0.2, -0.15) is 0 Å². The molecule has 0 aliphatic heterocycles. The van der Waals surface area contributed by atoms with Crippen LogP contribution in [-0.4, -0.2) is 19.5 Å². The summed E-state index contributed by atoms with van der Waals surface area (Å²) >= 11 is 6.04. The second-order valence-corrected chi connectivity index (χ2v) is 5.36. The van der Waals surface area contributed by atoms with Crippen LogP contribution in [0.5, 0.6) is 0 Å². The first-order valence-corrected chi connectivity index (χ1v) is 7.02. The van der Waals surface area contributed by atoms with E-state index in [0.717, 1.165) is 10.6 Å². The fraction of sp³-hybridized carbons (Fsp3) is 0.143. The van der Waals surface area contributed by atoms with Gasteiger partial charge < -0.3 is 11.5 Å². The Labute approximate surface area is 134 Å². The van der Waals surface area contributed by atoms with E-state index in [9.17, 15) is 9.18 Å². The summed E-state index contributed by atoms with van der Waals surface area (Å²) in [5.74, 6) is -0.144. The normalized spacial score (nSPS) is 12.5. The Bertz CT molecular complexity index is 954. The molecule has 0 radical (unpaired) electrons. The lowest BCUT2D eigenvalue weighted by molar-refractivity contribution is 0.629. The average Bonchev–Trinajstić information content (AvgIpc) is 2.51. The van der Waals surface area contributed by atoms with Crippen molar-refractivity contribution in [2.45, 2.75) is 13.0 Å².